The summed E-state index contributed by atoms with van der Waals surface area (Å²) in [4.78, 5) is 14.0. The minimum absolute atomic E-state index is 0.134. The average molecular weight is 276 g/mol. The highest BCUT2D eigenvalue weighted by Crippen LogP contribution is 2.22. The lowest BCUT2D eigenvalue weighted by atomic mass is 9.92. The Morgan fingerprint density at radius 2 is 2.05 bits per heavy atom. The van der Waals surface area contributed by atoms with Gasteiger partial charge in [0.05, 0.1) is 7.11 Å². The molecule has 1 aromatic carbocycles. The van der Waals surface area contributed by atoms with E-state index in [9.17, 15) is 4.79 Å². The summed E-state index contributed by atoms with van der Waals surface area (Å²) in [7, 11) is 3.46. The van der Waals surface area contributed by atoms with Gasteiger partial charge in [0.2, 0.25) is 0 Å². The van der Waals surface area contributed by atoms with Gasteiger partial charge in [-0.3, -0.25) is 9.69 Å². The zero-order chi connectivity index (χ0) is 14.5. The molecular formula is C16H24N2O2. The topological polar surface area (TPSA) is 41.6 Å². The van der Waals surface area contributed by atoms with Gasteiger partial charge in [-0.1, -0.05) is 30.3 Å². The van der Waals surface area contributed by atoms with Crippen LogP contribution < -0.4 is 5.32 Å². The lowest BCUT2D eigenvalue weighted by molar-refractivity contribution is -0.149. The van der Waals surface area contributed by atoms with E-state index in [-0.39, 0.29) is 12.0 Å². The molecule has 20 heavy (non-hydrogen) atoms. The van der Waals surface area contributed by atoms with Crippen LogP contribution in [0.4, 0.5) is 0 Å². The van der Waals surface area contributed by atoms with Gasteiger partial charge in [0.1, 0.15) is 6.04 Å². The lowest BCUT2D eigenvalue weighted by Crippen LogP contribution is -2.54. The van der Waals surface area contributed by atoms with E-state index in [0.717, 1.165) is 19.4 Å². The monoisotopic (exact) mass is 276 g/mol. The third-order valence-corrected chi connectivity index (χ3v) is 4.23. The smallest absolute Gasteiger partial charge is 0.323 e. The number of likely N-dealkylation sites (N-methyl/N-ethyl adjacent to an activating group) is 1. The molecule has 0 radical (unpaired) electrons. The molecule has 110 valence electrons. The minimum Gasteiger partial charge on any atom is -0.468 e. The first kappa shape index (κ1) is 15.0. The number of hydrogen-bond acceptors (Lipinski definition) is 4. The number of nitrogens with zero attached hydrogens (tertiary/aromatic N) is 1. The second kappa shape index (κ2) is 6.86. The van der Waals surface area contributed by atoms with E-state index in [1.54, 1.807) is 0 Å². The standard InChI is InChI=1S/C16H24N2O2/c1-12-9-14(10-15(18(12)2)16(19)20-3)17-11-13-7-5-4-6-8-13/h4-8,12,14-15,17H,9-11H2,1-3H3/t12?,14?,15-/m0/s1. The summed E-state index contributed by atoms with van der Waals surface area (Å²) in [6.45, 7) is 3.00. The summed E-state index contributed by atoms with van der Waals surface area (Å²) in [5.41, 5.74) is 1.27. The Labute approximate surface area is 121 Å². The molecule has 1 N–H and O–H groups in total. The van der Waals surface area contributed by atoms with Crippen molar-refractivity contribution in [3.8, 4) is 0 Å². The van der Waals surface area contributed by atoms with Crippen LogP contribution in [-0.2, 0) is 16.1 Å². The third-order valence-electron chi connectivity index (χ3n) is 4.23. The molecular weight excluding hydrogens is 252 g/mol. The van der Waals surface area contributed by atoms with Crippen LogP contribution >= 0.6 is 0 Å². The van der Waals surface area contributed by atoms with Gasteiger partial charge in [0.15, 0.2) is 0 Å². The summed E-state index contributed by atoms with van der Waals surface area (Å²) < 4.78 is 4.91. The maximum Gasteiger partial charge on any atom is 0.323 e. The van der Waals surface area contributed by atoms with Gasteiger partial charge >= 0.3 is 5.97 Å². The highest BCUT2D eigenvalue weighted by molar-refractivity contribution is 5.75. The van der Waals surface area contributed by atoms with Crippen molar-refractivity contribution in [2.24, 2.45) is 0 Å². The second-order valence-corrected chi connectivity index (χ2v) is 5.59. The summed E-state index contributed by atoms with van der Waals surface area (Å²) >= 11 is 0. The molecule has 4 nitrogen and oxygen atoms in total. The predicted octanol–water partition coefficient (Wildman–Crippen LogP) is 1.80. The number of likely N-dealkylation sites (tertiary alicyclic amines) is 1. The normalized spacial score (nSPS) is 27.2. The fraction of sp³-hybridized carbons (Fsp3) is 0.562. The largest absolute Gasteiger partial charge is 0.468 e. The molecule has 0 amide bonds. The van der Waals surface area contributed by atoms with Crippen molar-refractivity contribution in [1.29, 1.82) is 0 Å². The maximum atomic E-state index is 11.9. The fourth-order valence-corrected chi connectivity index (χ4v) is 2.84. The number of nitrogens with one attached hydrogen (secondary N) is 1. The van der Waals surface area contributed by atoms with Gasteiger partial charge in [-0.15, -0.1) is 0 Å². The summed E-state index contributed by atoms with van der Waals surface area (Å²) in [5, 5.41) is 3.56. The summed E-state index contributed by atoms with van der Waals surface area (Å²) in [6.07, 6.45) is 1.86. The molecule has 1 heterocycles. The number of carbonyl (C=O) groups excluding carboxylic acids is 1. The molecule has 1 saturated heterocycles. The number of methoxy groups -OCH3 is 1. The van der Waals surface area contributed by atoms with E-state index in [1.165, 1.54) is 12.7 Å². The number of rotatable bonds is 4. The van der Waals surface area contributed by atoms with Crippen LogP contribution in [-0.4, -0.2) is 43.2 Å². The van der Waals surface area contributed by atoms with E-state index < -0.39 is 0 Å². The Morgan fingerprint density at radius 1 is 1.35 bits per heavy atom. The van der Waals surface area contributed by atoms with Crippen LogP contribution in [0.1, 0.15) is 25.3 Å². The summed E-state index contributed by atoms with van der Waals surface area (Å²) in [5.74, 6) is -0.134. The number of piperidine rings is 1. The van der Waals surface area contributed by atoms with Crippen LogP contribution in [0.15, 0.2) is 30.3 Å². The molecule has 2 unspecified atom stereocenters. The minimum atomic E-state index is -0.142. The Hall–Kier alpha value is -1.39. The number of ether oxygens (including phenoxy) is 1. The zero-order valence-electron chi connectivity index (χ0n) is 12.5. The van der Waals surface area contributed by atoms with E-state index in [2.05, 4.69) is 29.3 Å². The number of carbonyl (C=O) groups is 1. The molecule has 2 rings (SSSR count). The van der Waals surface area contributed by atoms with Gasteiger partial charge in [-0.25, -0.2) is 0 Å². The number of benzene rings is 1. The van der Waals surface area contributed by atoms with Crippen LogP contribution in [0.5, 0.6) is 0 Å². The van der Waals surface area contributed by atoms with Crippen molar-refractivity contribution in [1.82, 2.24) is 10.2 Å². The van der Waals surface area contributed by atoms with Gasteiger partial charge in [0.25, 0.3) is 0 Å². The molecule has 1 fully saturated rings. The van der Waals surface area contributed by atoms with Crippen LogP contribution in [0.2, 0.25) is 0 Å². The number of esters is 1. The van der Waals surface area contributed by atoms with E-state index in [4.69, 9.17) is 4.74 Å². The van der Waals surface area contributed by atoms with Gasteiger partial charge in [0, 0.05) is 18.6 Å². The molecule has 1 aromatic rings. The predicted molar refractivity (Wildman–Crippen MR) is 79.3 cm³/mol. The molecule has 0 bridgehead atoms. The van der Waals surface area contributed by atoms with Crippen molar-refractivity contribution >= 4 is 5.97 Å². The van der Waals surface area contributed by atoms with Crippen molar-refractivity contribution in [2.75, 3.05) is 14.2 Å². The molecule has 0 aromatic heterocycles. The quantitative estimate of drug-likeness (QED) is 0.852. The van der Waals surface area contributed by atoms with Gasteiger partial charge < -0.3 is 10.1 Å². The SMILES string of the molecule is COC(=O)[C@@H]1CC(NCc2ccccc2)CC(C)N1C. The van der Waals surface area contributed by atoms with Gasteiger partial charge in [-0.05, 0) is 32.4 Å². The molecule has 1 aliphatic heterocycles. The third kappa shape index (κ3) is 3.58. The average Bonchev–Trinajstić information content (AvgIpc) is 2.48. The molecule has 1 aliphatic rings. The Bertz CT molecular complexity index is 435. The maximum absolute atomic E-state index is 11.9. The first-order valence-electron chi connectivity index (χ1n) is 7.19. The first-order chi connectivity index (χ1) is 9.61. The second-order valence-electron chi connectivity index (χ2n) is 5.59. The Morgan fingerprint density at radius 3 is 2.70 bits per heavy atom. The van der Waals surface area contributed by atoms with Crippen molar-refractivity contribution < 1.29 is 9.53 Å². The Kier molecular flexibility index (Phi) is 5.15. The van der Waals surface area contributed by atoms with Crippen LogP contribution in [0, 0.1) is 0 Å². The molecule has 0 spiro atoms. The highest BCUT2D eigenvalue weighted by Gasteiger charge is 2.35. The molecule has 3 atom stereocenters. The van der Waals surface area contributed by atoms with Crippen molar-refractivity contribution in [3.63, 3.8) is 0 Å². The summed E-state index contributed by atoms with van der Waals surface area (Å²) in [6, 6.07) is 10.9. The molecule has 0 saturated carbocycles. The lowest BCUT2D eigenvalue weighted by Gasteiger charge is -2.40. The van der Waals surface area contributed by atoms with Crippen LogP contribution in [0.3, 0.4) is 0 Å². The van der Waals surface area contributed by atoms with Crippen molar-refractivity contribution in [2.45, 2.75) is 44.4 Å². The molecule has 0 aliphatic carbocycles. The number of hydrogen-bond donors (Lipinski definition) is 1. The van der Waals surface area contributed by atoms with Crippen LogP contribution in [0.25, 0.3) is 0 Å². The van der Waals surface area contributed by atoms with E-state index >= 15 is 0 Å². The fourth-order valence-electron chi connectivity index (χ4n) is 2.84. The Balaban J connectivity index is 1.93. The van der Waals surface area contributed by atoms with Gasteiger partial charge in [-0.2, -0.15) is 0 Å². The highest BCUT2D eigenvalue weighted by atomic mass is 16.5. The van der Waals surface area contributed by atoms with E-state index in [0.29, 0.717) is 12.1 Å². The van der Waals surface area contributed by atoms with E-state index in [1.807, 2.05) is 25.2 Å². The molecule has 4 heteroatoms. The van der Waals surface area contributed by atoms with Crippen molar-refractivity contribution in [3.05, 3.63) is 35.9 Å². The zero-order valence-corrected chi connectivity index (χ0v) is 12.5. The first-order valence-corrected chi connectivity index (χ1v) is 7.19.